The summed E-state index contributed by atoms with van der Waals surface area (Å²) in [5.74, 6) is 2.04. The molecule has 0 heterocycles. The molecule has 0 aliphatic heterocycles. The van der Waals surface area contributed by atoms with Gasteiger partial charge >= 0.3 is 9.05 Å². The van der Waals surface area contributed by atoms with Gasteiger partial charge in [0.1, 0.15) is 0 Å². The topological polar surface area (TPSA) is 36.9 Å². The molecule has 0 N–H and O–H groups in total. The number of alkyl halides is 4. The minimum Gasteiger partial charge on any atom is -0.351 e. The average Bonchev–Trinajstić information content (AvgIpc) is 2.48. The van der Waals surface area contributed by atoms with Crippen LogP contribution in [0.25, 0.3) is 0 Å². The van der Waals surface area contributed by atoms with Gasteiger partial charge in [-0.2, -0.15) is 0 Å². The fourth-order valence-electron chi connectivity index (χ4n) is 1.26. The lowest BCUT2D eigenvalue weighted by Crippen LogP contribution is -2.50. The molecular weight excluding hydrogens is 378 g/mol. The Bertz CT molecular complexity index is 182. The number of halogens is 4. The summed E-state index contributed by atoms with van der Waals surface area (Å²) < 4.78 is 23.1. The van der Waals surface area contributed by atoms with Crippen LogP contribution in [0, 0.1) is 0 Å². The molecule has 0 aromatic carbocycles. The van der Waals surface area contributed by atoms with Gasteiger partial charge < -0.3 is 17.7 Å². The molecule has 0 radical (unpaired) electrons. The lowest BCUT2D eigenvalue weighted by molar-refractivity contribution is -0.0343. The molecule has 0 amide bonds. The molecule has 0 aliphatic carbocycles. The van der Waals surface area contributed by atoms with E-state index in [1.54, 1.807) is 0 Å². The first-order chi connectivity index (χ1) is 10.2. The maximum atomic E-state index is 5.77. The Kier molecular flexibility index (Phi) is 17.0. The second-order valence-corrected chi connectivity index (χ2v) is 7.73. The molecule has 0 aromatic rings. The molecule has 0 rings (SSSR count). The monoisotopic (exact) mass is 400 g/mol. The predicted octanol–water partition coefficient (Wildman–Crippen LogP) is 4.00. The van der Waals surface area contributed by atoms with Crippen molar-refractivity contribution >= 4 is 55.5 Å². The van der Waals surface area contributed by atoms with Crippen molar-refractivity contribution in [3.8, 4) is 0 Å². The standard InChI is InChI=1S/C12H24Cl4O4Si/c13-5-1-9-17-21(18-10-2-6-14,19-11-3-7-15)20-12-4-8-16/h1-12H2. The van der Waals surface area contributed by atoms with Crippen LogP contribution in [0.5, 0.6) is 0 Å². The van der Waals surface area contributed by atoms with E-state index in [0.29, 0.717) is 75.6 Å². The SMILES string of the molecule is ClCCCO[Si](OCCCCl)(OCCCCl)OCCCCl. The van der Waals surface area contributed by atoms with E-state index in [-0.39, 0.29) is 0 Å². The summed E-state index contributed by atoms with van der Waals surface area (Å²) in [5.41, 5.74) is 0. The molecule has 0 saturated carbocycles. The van der Waals surface area contributed by atoms with E-state index in [4.69, 9.17) is 64.1 Å². The highest BCUT2D eigenvalue weighted by molar-refractivity contribution is 6.53. The summed E-state index contributed by atoms with van der Waals surface area (Å²) in [6, 6.07) is 0. The summed E-state index contributed by atoms with van der Waals surface area (Å²) in [5, 5.41) is 0. The summed E-state index contributed by atoms with van der Waals surface area (Å²) >= 11 is 22.7. The highest BCUT2D eigenvalue weighted by Gasteiger charge is 2.45. The van der Waals surface area contributed by atoms with Gasteiger partial charge in [-0.1, -0.05) is 0 Å². The lowest BCUT2D eigenvalue weighted by atomic mass is 10.5. The number of rotatable bonds is 16. The fourth-order valence-corrected chi connectivity index (χ4v) is 3.77. The van der Waals surface area contributed by atoms with Gasteiger partial charge in [0.25, 0.3) is 0 Å². The van der Waals surface area contributed by atoms with Crippen molar-refractivity contribution in [2.45, 2.75) is 25.7 Å². The third kappa shape index (κ3) is 12.3. The molecule has 0 spiro atoms. The first kappa shape index (κ1) is 22.2. The van der Waals surface area contributed by atoms with Gasteiger partial charge in [0.05, 0.1) is 0 Å². The first-order valence-electron chi connectivity index (χ1n) is 7.04. The Balaban J connectivity index is 4.52. The van der Waals surface area contributed by atoms with Crippen LogP contribution in [0.3, 0.4) is 0 Å². The molecule has 4 nitrogen and oxygen atoms in total. The minimum absolute atomic E-state index is 0.429. The molecular formula is C12H24Cl4O4Si. The summed E-state index contributed by atoms with van der Waals surface area (Å²) in [6.45, 7) is 1.72. The van der Waals surface area contributed by atoms with Gasteiger partial charge in [0.15, 0.2) is 0 Å². The highest BCUT2D eigenvalue weighted by Crippen LogP contribution is 2.15. The van der Waals surface area contributed by atoms with Crippen LogP contribution in [0.4, 0.5) is 0 Å². The van der Waals surface area contributed by atoms with Crippen molar-refractivity contribution in [1.29, 1.82) is 0 Å². The molecule has 9 heteroatoms. The van der Waals surface area contributed by atoms with Gasteiger partial charge in [0, 0.05) is 49.9 Å². The van der Waals surface area contributed by atoms with Gasteiger partial charge in [-0.05, 0) is 25.7 Å². The summed E-state index contributed by atoms with van der Waals surface area (Å²) in [6.07, 6.45) is 2.81. The van der Waals surface area contributed by atoms with E-state index in [0.717, 1.165) is 0 Å². The Labute approximate surface area is 148 Å². The van der Waals surface area contributed by atoms with Crippen LogP contribution >= 0.6 is 46.4 Å². The van der Waals surface area contributed by atoms with Crippen molar-refractivity contribution in [3.63, 3.8) is 0 Å². The van der Waals surface area contributed by atoms with Gasteiger partial charge in [0.2, 0.25) is 0 Å². The van der Waals surface area contributed by atoms with Crippen LogP contribution in [-0.4, -0.2) is 59.0 Å². The molecule has 0 fully saturated rings. The van der Waals surface area contributed by atoms with E-state index in [1.807, 2.05) is 0 Å². The Morgan fingerprint density at radius 1 is 0.476 bits per heavy atom. The quantitative estimate of drug-likeness (QED) is 0.222. The van der Waals surface area contributed by atoms with Crippen LogP contribution in [0.1, 0.15) is 25.7 Å². The summed E-state index contributed by atoms with van der Waals surface area (Å²) in [4.78, 5) is 0. The normalized spacial score (nSPS) is 12.0. The fraction of sp³-hybridized carbons (Fsp3) is 1.00. The van der Waals surface area contributed by atoms with Gasteiger partial charge in [-0.3, -0.25) is 0 Å². The average molecular weight is 402 g/mol. The van der Waals surface area contributed by atoms with E-state index in [9.17, 15) is 0 Å². The predicted molar refractivity (Wildman–Crippen MR) is 90.9 cm³/mol. The highest BCUT2D eigenvalue weighted by atomic mass is 35.5. The van der Waals surface area contributed by atoms with Crippen molar-refractivity contribution < 1.29 is 17.7 Å². The largest absolute Gasteiger partial charge is 0.679 e. The zero-order valence-corrected chi connectivity index (χ0v) is 16.2. The molecule has 0 saturated heterocycles. The van der Waals surface area contributed by atoms with Crippen molar-refractivity contribution in [2.24, 2.45) is 0 Å². The maximum absolute atomic E-state index is 5.77. The lowest BCUT2D eigenvalue weighted by Gasteiger charge is -2.28. The number of hydrogen-bond donors (Lipinski definition) is 0. The third-order valence-corrected chi connectivity index (χ3v) is 5.53. The number of hydrogen-bond acceptors (Lipinski definition) is 4. The Hall–Kier alpha value is 1.22. The first-order valence-corrected chi connectivity index (χ1v) is 10.8. The van der Waals surface area contributed by atoms with Crippen molar-refractivity contribution in [1.82, 2.24) is 0 Å². The van der Waals surface area contributed by atoms with Crippen molar-refractivity contribution in [2.75, 3.05) is 49.9 Å². The zero-order chi connectivity index (χ0) is 15.8. The second-order valence-electron chi connectivity index (χ2n) is 4.06. The molecule has 0 bridgehead atoms. The van der Waals surface area contributed by atoms with Crippen LogP contribution in [0.15, 0.2) is 0 Å². The summed E-state index contributed by atoms with van der Waals surface area (Å²) in [7, 11) is -3.18. The maximum Gasteiger partial charge on any atom is 0.679 e. The zero-order valence-electron chi connectivity index (χ0n) is 12.1. The van der Waals surface area contributed by atoms with E-state index >= 15 is 0 Å². The van der Waals surface area contributed by atoms with Crippen LogP contribution < -0.4 is 0 Å². The molecule has 128 valence electrons. The smallest absolute Gasteiger partial charge is 0.351 e. The van der Waals surface area contributed by atoms with Crippen LogP contribution in [-0.2, 0) is 17.7 Å². The third-order valence-electron chi connectivity index (χ3n) is 2.23. The van der Waals surface area contributed by atoms with Crippen molar-refractivity contribution in [3.05, 3.63) is 0 Å². The van der Waals surface area contributed by atoms with Gasteiger partial charge in [-0.15, -0.1) is 46.4 Å². The Morgan fingerprint density at radius 2 is 0.714 bits per heavy atom. The second kappa shape index (κ2) is 16.1. The Morgan fingerprint density at radius 3 is 0.905 bits per heavy atom. The molecule has 0 atom stereocenters. The van der Waals surface area contributed by atoms with E-state index in [2.05, 4.69) is 0 Å². The van der Waals surface area contributed by atoms with Crippen LogP contribution in [0.2, 0.25) is 0 Å². The minimum atomic E-state index is -3.18. The van der Waals surface area contributed by atoms with E-state index < -0.39 is 9.05 Å². The molecule has 0 aliphatic rings. The molecule has 0 unspecified atom stereocenters. The molecule has 21 heavy (non-hydrogen) atoms. The van der Waals surface area contributed by atoms with E-state index in [1.165, 1.54) is 0 Å². The molecule has 0 aromatic heterocycles. The van der Waals surface area contributed by atoms with Gasteiger partial charge in [-0.25, -0.2) is 0 Å².